The average molecular weight is 527 g/mol. The van der Waals surface area contributed by atoms with E-state index in [1.165, 1.54) is 6.07 Å². The van der Waals surface area contributed by atoms with Gasteiger partial charge in [-0.1, -0.05) is 56.1 Å². The zero-order valence-corrected chi connectivity index (χ0v) is 21.2. The van der Waals surface area contributed by atoms with Crippen molar-refractivity contribution in [3.8, 4) is 0 Å². The lowest BCUT2D eigenvalue weighted by Crippen LogP contribution is -2.34. The fourth-order valence-electron chi connectivity index (χ4n) is 3.69. The quantitative estimate of drug-likeness (QED) is 0.337. The van der Waals surface area contributed by atoms with Gasteiger partial charge in [0.25, 0.3) is 0 Å². The van der Waals surface area contributed by atoms with E-state index in [4.69, 9.17) is 28.2 Å². The van der Waals surface area contributed by atoms with E-state index in [-0.39, 0.29) is 24.8 Å². The summed E-state index contributed by atoms with van der Waals surface area (Å²) in [6.07, 6.45) is -3.69. The maximum Gasteiger partial charge on any atom is 0.416 e. The van der Waals surface area contributed by atoms with Gasteiger partial charge in [-0.15, -0.1) is 0 Å². The second-order valence-corrected chi connectivity index (χ2v) is 9.51. The highest BCUT2D eigenvalue weighted by molar-refractivity contribution is 6.38. The largest absolute Gasteiger partial charge is 0.416 e. The molecule has 0 saturated carbocycles. The van der Waals surface area contributed by atoms with Gasteiger partial charge in [0.2, 0.25) is 5.91 Å². The van der Waals surface area contributed by atoms with Gasteiger partial charge in [0.15, 0.2) is 0 Å². The molecule has 1 aromatic heterocycles. The van der Waals surface area contributed by atoms with Gasteiger partial charge in [0.1, 0.15) is 11.6 Å². The molecule has 0 unspecified atom stereocenters. The number of alkyl halides is 3. The first-order chi connectivity index (χ1) is 16.5. The topological polar surface area (TPSA) is 58.1 Å². The number of aryl methyl sites for hydroxylation is 1. The van der Waals surface area contributed by atoms with Crippen molar-refractivity contribution in [1.29, 1.82) is 0 Å². The number of hydrogen-bond acceptors (Lipinski definition) is 4. The fraction of sp³-hybridized carbons (Fsp3) is 0.400. The highest BCUT2D eigenvalue weighted by atomic mass is 35.5. The van der Waals surface area contributed by atoms with E-state index in [0.717, 1.165) is 12.1 Å². The Bertz CT molecular complexity index is 1200. The molecule has 188 valence electrons. The molecule has 5 nitrogen and oxygen atoms in total. The van der Waals surface area contributed by atoms with Gasteiger partial charge in [-0.25, -0.2) is 9.97 Å². The van der Waals surface area contributed by atoms with Crippen molar-refractivity contribution in [3.63, 3.8) is 0 Å². The Morgan fingerprint density at radius 1 is 1.14 bits per heavy atom. The Kier molecular flexibility index (Phi) is 8.83. The number of fused-ring (bicyclic) bond motifs is 1. The highest BCUT2D eigenvalue weighted by Gasteiger charge is 2.30. The molecule has 1 amide bonds. The van der Waals surface area contributed by atoms with Crippen LogP contribution in [0.5, 0.6) is 0 Å². The molecule has 0 spiro atoms. The van der Waals surface area contributed by atoms with Crippen LogP contribution in [0.15, 0.2) is 36.4 Å². The predicted octanol–water partition coefficient (Wildman–Crippen LogP) is 6.69. The zero-order chi connectivity index (χ0) is 25.8. The fourth-order valence-corrected chi connectivity index (χ4v) is 4.23. The molecule has 0 fully saturated rings. The summed E-state index contributed by atoms with van der Waals surface area (Å²) in [5.74, 6) is 1.27. The summed E-state index contributed by atoms with van der Waals surface area (Å²) in [4.78, 5) is 23.9. The van der Waals surface area contributed by atoms with Crippen LogP contribution in [0, 0.1) is 5.92 Å². The highest BCUT2D eigenvalue weighted by Crippen LogP contribution is 2.33. The molecule has 0 atom stereocenters. The normalized spacial score (nSPS) is 11.8. The molecule has 1 N–H and O–H groups in total. The molecule has 0 aliphatic carbocycles. The SMILES string of the molecule is CCc1nc(N(CCC(=O)NCc2cccc(C(F)(F)F)c2)CC(C)C)c2cc(Cl)cc(Cl)c2n1. The molecule has 0 radical (unpaired) electrons. The number of hydrogen-bond donors (Lipinski definition) is 1. The lowest BCUT2D eigenvalue weighted by Gasteiger charge is -2.27. The van der Waals surface area contributed by atoms with Crippen LogP contribution in [0.1, 0.15) is 44.1 Å². The molecule has 0 bridgehead atoms. The van der Waals surface area contributed by atoms with E-state index in [2.05, 4.69) is 24.1 Å². The summed E-state index contributed by atoms with van der Waals surface area (Å²) in [6, 6.07) is 8.32. The van der Waals surface area contributed by atoms with Gasteiger partial charge >= 0.3 is 6.18 Å². The van der Waals surface area contributed by atoms with Crippen molar-refractivity contribution in [1.82, 2.24) is 15.3 Å². The third-order valence-corrected chi connectivity index (χ3v) is 5.81. The molecule has 3 aromatic rings. The number of benzene rings is 2. The van der Waals surface area contributed by atoms with Gasteiger partial charge in [-0.3, -0.25) is 4.79 Å². The number of nitrogens with zero attached hydrogens (tertiary/aromatic N) is 3. The van der Waals surface area contributed by atoms with Gasteiger partial charge in [-0.2, -0.15) is 13.2 Å². The lowest BCUT2D eigenvalue weighted by atomic mass is 10.1. The third-order valence-electron chi connectivity index (χ3n) is 5.30. The Balaban J connectivity index is 1.78. The van der Waals surface area contributed by atoms with Gasteiger partial charge in [-0.05, 0) is 35.7 Å². The van der Waals surface area contributed by atoms with E-state index in [0.29, 0.717) is 57.7 Å². The molecule has 10 heteroatoms. The third kappa shape index (κ3) is 7.21. The maximum atomic E-state index is 12.9. The minimum atomic E-state index is -4.43. The number of amides is 1. The van der Waals surface area contributed by atoms with Gasteiger partial charge in [0, 0.05) is 42.9 Å². The maximum absolute atomic E-state index is 12.9. The van der Waals surface area contributed by atoms with Crippen LogP contribution >= 0.6 is 23.2 Å². The Labute approximate surface area is 212 Å². The van der Waals surface area contributed by atoms with E-state index >= 15 is 0 Å². The molecule has 1 heterocycles. The Morgan fingerprint density at radius 2 is 1.89 bits per heavy atom. The number of carbonyl (C=O) groups is 1. The predicted molar refractivity (Wildman–Crippen MR) is 134 cm³/mol. The molecular formula is C25H27Cl2F3N4O. The minimum Gasteiger partial charge on any atom is -0.355 e. The van der Waals surface area contributed by atoms with Crippen molar-refractivity contribution >= 4 is 45.8 Å². The minimum absolute atomic E-state index is 0.00850. The number of aromatic nitrogens is 2. The van der Waals surface area contributed by atoms with Crippen LogP contribution in [0.2, 0.25) is 10.0 Å². The summed E-state index contributed by atoms with van der Waals surface area (Å²) in [7, 11) is 0. The number of carbonyl (C=O) groups excluding carboxylic acids is 1. The van der Waals surface area contributed by atoms with Gasteiger partial charge < -0.3 is 10.2 Å². The number of nitrogens with one attached hydrogen (secondary N) is 1. The van der Waals surface area contributed by atoms with Crippen molar-refractivity contribution in [3.05, 3.63) is 63.4 Å². The number of rotatable bonds is 9. The lowest BCUT2D eigenvalue weighted by molar-refractivity contribution is -0.137. The van der Waals surface area contributed by atoms with Crippen molar-refractivity contribution in [2.75, 3.05) is 18.0 Å². The summed E-state index contributed by atoms with van der Waals surface area (Å²) in [5, 5.41) is 4.29. The summed E-state index contributed by atoms with van der Waals surface area (Å²) in [5.41, 5.74) is 0.235. The molecule has 3 rings (SSSR count). The number of anilines is 1. The summed E-state index contributed by atoms with van der Waals surface area (Å²) < 4.78 is 38.8. The van der Waals surface area contributed by atoms with Crippen molar-refractivity contribution in [2.45, 2.75) is 46.3 Å². The molecule has 0 saturated heterocycles. The van der Waals surface area contributed by atoms with Gasteiger partial charge in [0.05, 0.1) is 16.1 Å². The number of halogens is 5. The van der Waals surface area contributed by atoms with Crippen molar-refractivity contribution < 1.29 is 18.0 Å². The summed E-state index contributed by atoms with van der Waals surface area (Å²) >= 11 is 12.7. The first kappa shape index (κ1) is 27.0. The average Bonchev–Trinajstić information content (AvgIpc) is 2.79. The van der Waals surface area contributed by atoms with Crippen LogP contribution in [0.25, 0.3) is 10.9 Å². The van der Waals surface area contributed by atoms with Crippen LogP contribution in [-0.4, -0.2) is 29.0 Å². The molecule has 0 aliphatic heterocycles. The monoisotopic (exact) mass is 526 g/mol. The first-order valence-corrected chi connectivity index (χ1v) is 12.1. The Morgan fingerprint density at radius 3 is 2.54 bits per heavy atom. The van der Waals surface area contributed by atoms with E-state index < -0.39 is 11.7 Å². The van der Waals surface area contributed by atoms with Crippen LogP contribution in [0.3, 0.4) is 0 Å². The van der Waals surface area contributed by atoms with Crippen LogP contribution < -0.4 is 10.2 Å². The molecule has 2 aromatic carbocycles. The first-order valence-electron chi connectivity index (χ1n) is 11.3. The Hall–Kier alpha value is -2.58. The molecular weight excluding hydrogens is 500 g/mol. The van der Waals surface area contributed by atoms with Crippen LogP contribution in [0.4, 0.5) is 19.0 Å². The van der Waals surface area contributed by atoms with E-state index in [1.807, 2.05) is 11.8 Å². The van der Waals surface area contributed by atoms with E-state index in [9.17, 15) is 18.0 Å². The second-order valence-electron chi connectivity index (χ2n) is 8.67. The standard InChI is InChI=1S/C25H27Cl2F3N4O/c1-4-21-32-23-19(11-18(26)12-20(23)27)24(33-21)34(14-15(2)3)9-8-22(35)31-13-16-6-5-7-17(10-16)25(28,29)30/h5-7,10-12,15H,4,8-9,13-14H2,1-3H3,(H,31,35). The van der Waals surface area contributed by atoms with Crippen molar-refractivity contribution in [2.24, 2.45) is 5.92 Å². The molecule has 35 heavy (non-hydrogen) atoms. The summed E-state index contributed by atoms with van der Waals surface area (Å²) in [6.45, 7) is 7.05. The van der Waals surface area contributed by atoms with Crippen LogP contribution in [-0.2, 0) is 23.9 Å². The molecule has 0 aliphatic rings. The second kappa shape index (κ2) is 11.4. The zero-order valence-electron chi connectivity index (χ0n) is 19.7. The smallest absolute Gasteiger partial charge is 0.355 e. The van der Waals surface area contributed by atoms with E-state index in [1.54, 1.807) is 18.2 Å².